The lowest BCUT2D eigenvalue weighted by atomic mass is 10.4. The molecule has 0 saturated carbocycles. The van der Waals surface area contributed by atoms with E-state index in [1.54, 1.807) is 18.2 Å². The molecule has 0 heterocycles. The molecule has 1 aromatic carbocycles. The summed E-state index contributed by atoms with van der Waals surface area (Å²) in [6.45, 7) is -0.503. The van der Waals surface area contributed by atoms with Crippen LogP contribution < -0.4 is 5.30 Å². The van der Waals surface area contributed by atoms with E-state index in [1.165, 1.54) is 12.1 Å². The Bertz CT molecular complexity index is 325. The molecule has 0 aliphatic rings. The molecule has 2 atom stereocenters. The summed E-state index contributed by atoms with van der Waals surface area (Å²) < 4.78 is 11.7. The van der Waals surface area contributed by atoms with Crippen LogP contribution in [0.15, 0.2) is 30.3 Å². The van der Waals surface area contributed by atoms with Gasteiger partial charge in [0.15, 0.2) is 0 Å². The molecule has 4 nitrogen and oxygen atoms in total. The second-order valence-electron chi connectivity index (χ2n) is 3.06. The molecule has 0 fully saturated rings. The van der Waals surface area contributed by atoms with E-state index in [9.17, 15) is 9.46 Å². The van der Waals surface area contributed by atoms with Gasteiger partial charge in [-0.3, -0.25) is 4.57 Å². The van der Waals surface area contributed by atoms with Gasteiger partial charge >= 0.3 is 0 Å². The molecule has 14 heavy (non-hydrogen) atoms. The Morgan fingerprint density at radius 2 is 1.86 bits per heavy atom. The molecule has 0 saturated heterocycles. The maximum Gasteiger partial charge on any atom is 0.232 e. The van der Waals surface area contributed by atoms with E-state index < -0.39 is 20.1 Å². The van der Waals surface area contributed by atoms with Crippen LogP contribution in [-0.4, -0.2) is 34.0 Å². The third-order valence-electron chi connectivity index (χ3n) is 1.83. The van der Waals surface area contributed by atoms with E-state index in [1.807, 2.05) is 0 Å². The van der Waals surface area contributed by atoms with Crippen LogP contribution >= 0.6 is 7.37 Å². The highest BCUT2D eigenvalue weighted by atomic mass is 31.2. The van der Waals surface area contributed by atoms with Gasteiger partial charge in [-0.25, -0.2) is 0 Å². The van der Waals surface area contributed by atoms with Crippen LogP contribution in [0.4, 0.5) is 0 Å². The summed E-state index contributed by atoms with van der Waals surface area (Å²) in [6, 6.07) is 8.12. The minimum Gasteiger partial charge on any atom is -0.394 e. The van der Waals surface area contributed by atoms with Gasteiger partial charge in [-0.15, -0.1) is 0 Å². The van der Waals surface area contributed by atoms with Crippen molar-refractivity contribution < 1.29 is 19.7 Å². The van der Waals surface area contributed by atoms with Crippen LogP contribution in [0.3, 0.4) is 0 Å². The average molecular weight is 216 g/mol. The van der Waals surface area contributed by atoms with Gasteiger partial charge in [0.05, 0.1) is 18.9 Å². The number of aliphatic hydroxyl groups excluding tert-OH is 2. The SMILES string of the molecule is O=P(O)(CC(O)CO)c1ccccc1. The Morgan fingerprint density at radius 3 is 2.36 bits per heavy atom. The molecule has 0 radical (unpaired) electrons. The summed E-state index contributed by atoms with van der Waals surface area (Å²) in [7, 11) is -3.53. The first-order valence-electron chi connectivity index (χ1n) is 4.22. The summed E-state index contributed by atoms with van der Waals surface area (Å²) in [5.74, 6) is 0. The van der Waals surface area contributed by atoms with E-state index in [-0.39, 0.29) is 6.16 Å². The standard InChI is InChI=1S/C9H13O4P/c10-6-8(11)7-14(12,13)9-4-2-1-3-5-9/h1-5,8,10-11H,6-7H2,(H,12,13). The monoisotopic (exact) mass is 216 g/mol. The molecule has 0 bridgehead atoms. The third-order valence-corrected chi connectivity index (χ3v) is 3.85. The second kappa shape index (κ2) is 4.71. The van der Waals surface area contributed by atoms with E-state index in [0.717, 1.165) is 0 Å². The number of aliphatic hydroxyl groups is 2. The van der Waals surface area contributed by atoms with Crippen molar-refractivity contribution in [1.29, 1.82) is 0 Å². The van der Waals surface area contributed by atoms with Gasteiger partial charge in [0, 0.05) is 5.30 Å². The maximum atomic E-state index is 11.7. The highest BCUT2D eigenvalue weighted by Gasteiger charge is 2.24. The predicted molar refractivity (Wildman–Crippen MR) is 53.9 cm³/mol. The summed E-state index contributed by atoms with van der Waals surface area (Å²) in [5.41, 5.74) is 0. The van der Waals surface area contributed by atoms with Crippen molar-refractivity contribution in [1.82, 2.24) is 0 Å². The molecule has 0 aliphatic carbocycles. The summed E-state index contributed by atoms with van der Waals surface area (Å²) >= 11 is 0. The highest BCUT2D eigenvalue weighted by Crippen LogP contribution is 2.39. The van der Waals surface area contributed by atoms with E-state index in [4.69, 9.17) is 10.2 Å². The summed E-state index contributed by atoms with van der Waals surface area (Å²) in [6.07, 6.45) is -1.46. The van der Waals surface area contributed by atoms with Crippen LogP contribution in [0.25, 0.3) is 0 Å². The first-order valence-corrected chi connectivity index (χ1v) is 6.07. The van der Waals surface area contributed by atoms with Gasteiger partial charge in [0.25, 0.3) is 0 Å². The van der Waals surface area contributed by atoms with Crippen molar-refractivity contribution in [3.05, 3.63) is 30.3 Å². The number of hydrogen-bond acceptors (Lipinski definition) is 3. The normalized spacial score (nSPS) is 17.4. The minimum atomic E-state index is -3.53. The van der Waals surface area contributed by atoms with Gasteiger partial charge in [-0.1, -0.05) is 18.2 Å². The molecule has 5 heteroatoms. The van der Waals surface area contributed by atoms with Gasteiger partial charge < -0.3 is 15.1 Å². The number of hydrogen-bond donors (Lipinski definition) is 3. The average Bonchev–Trinajstić information content (AvgIpc) is 2.18. The largest absolute Gasteiger partial charge is 0.394 e. The second-order valence-corrected chi connectivity index (χ2v) is 5.34. The number of rotatable bonds is 4. The molecular formula is C9H13O4P. The van der Waals surface area contributed by atoms with Gasteiger partial charge in [-0.2, -0.15) is 0 Å². The highest BCUT2D eigenvalue weighted by molar-refractivity contribution is 7.66. The zero-order chi connectivity index (χ0) is 10.6. The lowest BCUT2D eigenvalue weighted by Gasteiger charge is -2.14. The van der Waals surface area contributed by atoms with E-state index >= 15 is 0 Å². The van der Waals surface area contributed by atoms with Crippen molar-refractivity contribution in [2.75, 3.05) is 12.8 Å². The molecule has 0 aliphatic heterocycles. The molecule has 0 amide bonds. The molecule has 0 aromatic heterocycles. The van der Waals surface area contributed by atoms with Crippen LogP contribution in [0.1, 0.15) is 0 Å². The first kappa shape index (κ1) is 11.4. The van der Waals surface area contributed by atoms with Crippen LogP contribution in [0, 0.1) is 0 Å². The molecule has 2 unspecified atom stereocenters. The van der Waals surface area contributed by atoms with Crippen LogP contribution in [0.2, 0.25) is 0 Å². The molecule has 1 rings (SSSR count). The maximum absolute atomic E-state index is 11.7. The molecule has 78 valence electrons. The first-order chi connectivity index (χ1) is 6.56. The minimum absolute atomic E-state index is 0.299. The fourth-order valence-electron chi connectivity index (χ4n) is 1.11. The van der Waals surface area contributed by atoms with Crippen molar-refractivity contribution in [2.45, 2.75) is 6.10 Å². The van der Waals surface area contributed by atoms with Crippen molar-refractivity contribution in [3.63, 3.8) is 0 Å². The Hall–Kier alpha value is -0.670. The topological polar surface area (TPSA) is 77.8 Å². The van der Waals surface area contributed by atoms with Gasteiger partial charge in [0.2, 0.25) is 7.37 Å². The molecule has 3 N–H and O–H groups in total. The van der Waals surface area contributed by atoms with Crippen molar-refractivity contribution >= 4 is 12.7 Å². The van der Waals surface area contributed by atoms with E-state index in [0.29, 0.717) is 5.30 Å². The van der Waals surface area contributed by atoms with Crippen molar-refractivity contribution in [2.24, 2.45) is 0 Å². The Kier molecular flexibility index (Phi) is 3.84. The Morgan fingerprint density at radius 1 is 1.29 bits per heavy atom. The smallest absolute Gasteiger partial charge is 0.232 e. The molecule has 1 aromatic rings. The lowest BCUT2D eigenvalue weighted by Crippen LogP contribution is -2.21. The predicted octanol–water partition coefficient (Wildman–Crippen LogP) is -0.0645. The molecule has 0 spiro atoms. The summed E-state index contributed by atoms with van der Waals surface area (Å²) in [5, 5.41) is 17.9. The fraction of sp³-hybridized carbons (Fsp3) is 0.333. The van der Waals surface area contributed by atoms with Crippen LogP contribution in [0.5, 0.6) is 0 Å². The Labute approximate surface area is 82.3 Å². The van der Waals surface area contributed by atoms with Gasteiger partial charge in [0.1, 0.15) is 0 Å². The molecular weight excluding hydrogens is 203 g/mol. The van der Waals surface area contributed by atoms with Gasteiger partial charge in [-0.05, 0) is 12.1 Å². The summed E-state index contributed by atoms with van der Waals surface area (Å²) in [4.78, 5) is 9.57. The van der Waals surface area contributed by atoms with E-state index in [2.05, 4.69) is 0 Å². The van der Waals surface area contributed by atoms with Crippen LogP contribution in [-0.2, 0) is 4.57 Å². The quantitative estimate of drug-likeness (QED) is 0.616. The third kappa shape index (κ3) is 2.93. The van der Waals surface area contributed by atoms with Crippen molar-refractivity contribution in [3.8, 4) is 0 Å². The number of benzene rings is 1. The zero-order valence-electron chi connectivity index (χ0n) is 7.58. The Balaban J connectivity index is 2.81. The lowest BCUT2D eigenvalue weighted by molar-refractivity contribution is 0.110. The zero-order valence-corrected chi connectivity index (χ0v) is 8.47. The fourth-order valence-corrected chi connectivity index (χ4v) is 2.65.